The van der Waals surface area contributed by atoms with Crippen LogP contribution >= 0.6 is 0 Å². The highest BCUT2D eigenvalue weighted by Gasteiger charge is 2.09. The average molecular weight is 198 g/mol. The molecule has 1 N–H and O–H groups in total. The Balaban J connectivity index is 2.36. The highest BCUT2D eigenvalue weighted by molar-refractivity contribution is 5.85. The zero-order chi connectivity index (χ0) is 10.1. The van der Waals surface area contributed by atoms with Crippen LogP contribution in [0.5, 0.6) is 0 Å². The molecule has 0 aliphatic heterocycles. The lowest BCUT2D eigenvalue weighted by molar-refractivity contribution is 1.08. The van der Waals surface area contributed by atoms with E-state index in [1.165, 1.54) is 12.7 Å². The van der Waals surface area contributed by atoms with Gasteiger partial charge in [0.25, 0.3) is 0 Å². The molecule has 3 heterocycles. The van der Waals surface area contributed by atoms with Crippen molar-refractivity contribution in [3.63, 3.8) is 0 Å². The Morgan fingerprint density at radius 1 is 1.07 bits per heavy atom. The summed E-state index contributed by atoms with van der Waals surface area (Å²) in [5, 5.41) is 6.61. The standard InChI is InChI=1S/C9H6N6/c1-2-6-7(10-3-1)8(12-4-11-6)9-13-5-14-15-9/h1-5H,(H,13,14,15). The van der Waals surface area contributed by atoms with Crippen LogP contribution in [0.1, 0.15) is 0 Å². The summed E-state index contributed by atoms with van der Waals surface area (Å²) < 4.78 is 0. The van der Waals surface area contributed by atoms with Crippen molar-refractivity contribution in [3.8, 4) is 11.5 Å². The molecule has 0 aliphatic rings. The van der Waals surface area contributed by atoms with Crippen molar-refractivity contribution < 1.29 is 0 Å². The van der Waals surface area contributed by atoms with Gasteiger partial charge >= 0.3 is 0 Å². The Labute approximate surface area is 84.4 Å². The number of hydrogen-bond donors (Lipinski definition) is 1. The fourth-order valence-corrected chi connectivity index (χ4v) is 1.38. The third kappa shape index (κ3) is 1.23. The number of aromatic nitrogens is 6. The molecule has 0 spiro atoms. The van der Waals surface area contributed by atoms with Crippen LogP contribution in [0.2, 0.25) is 0 Å². The van der Waals surface area contributed by atoms with E-state index in [0.717, 1.165) is 5.52 Å². The van der Waals surface area contributed by atoms with E-state index in [2.05, 4.69) is 30.1 Å². The van der Waals surface area contributed by atoms with Crippen LogP contribution in [0.4, 0.5) is 0 Å². The maximum atomic E-state index is 4.22. The van der Waals surface area contributed by atoms with Gasteiger partial charge < -0.3 is 0 Å². The average Bonchev–Trinajstić information content (AvgIpc) is 2.82. The molecule has 0 saturated carbocycles. The van der Waals surface area contributed by atoms with E-state index in [-0.39, 0.29) is 0 Å². The Kier molecular flexibility index (Phi) is 1.64. The molecule has 0 aromatic carbocycles. The lowest BCUT2D eigenvalue weighted by Gasteiger charge is -1.98. The van der Waals surface area contributed by atoms with Gasteiger partial charge in [-0.05, 0) is 12.1 Å². The molecule has 3 aromatic rings. The number of nitrogens with one attached hydrogen (secondary N) is 1. The molecule has 0 unspecified atom stereocenters. The SMILES string of the molecule is c1cnc2c(-c3nc[nH]n3)ncnc2c1. The maximum absolute atomic E-state index is 4.22. The summed E-state index contributed by atoms with van der Waals surface area (Å²) in [5.74, 6) is 0.529. The molecule has 6 nitrogen and oxygen atoms in total. The summed E-state index contributed by atoms with van der Waals surface area (Å²) in [4.78, 5) is 16.5. The Morgan fingerprint density at radius 3 is 2.93 bits per heavy atom. The lowest BCUT2D eigenvalue weighted by Crippen LogP contribution is -1.92. The minimum atomic E-state index is 0.529. The fourth-order valence-electron chi connectivity index (χ4n) is 1.38. The molecule has 0 saturated heterocycles. The molecule has 0 amide bonds. The first-order valence-corrected chi connectivity index (χ1v) is 4.37. The smallest absolute Gasteiger partial charge is 0.201 e. The summed E-state index contributed by atoms with van der Waals surface area (Å²) in [6, 6.07) is 3.71. The van der Waals surface area contributed by atoms with Gasteiger partial charge in [-0.2, -0.15) is 5.10 Å². The largest absolute Gasteiger partial charge is 0.265 e. The van der Waals surface area contributed by atoms with Crippen LogP contribution in [0.25, 0.3) is 22.6 Å². The molecule has 3 aromatic heterocycles. The molecule has 0 radical (unpaired) electrons. The number of H-pyrrole nitrogens is 1. The molecule has 0 aliphatic carbocycles. The van der Waals surface area contributed by atoms with Gasteiger partial charge in [0.15, 0.2) is 0 Å². The monoisotopic (exact) mass is 198 g/mol. The van der Waals surface area contributed by atoms with Crippen molar-refractivity contribution in [1.82, 2.24) is 30.1 Å². The Hall–Kier alpha value is -2.37. The molecule has 72 valence electrons. The van der Waals surface area contributed by atoms with E-state index in [1.807, 2.05) is 12.1 Å². The predicted molar refractivity (Wildman–Crippen MR) is 52.7 cm³/mol. The molecular weight excluding hydrogens is 192 g/mol. The van der Waals surface area contributed by atoms with Crippen LogP contribution in [0, 0.1) is 0 Å². The molecule has 3 rings (SSSR count). The third-order valence-corrected chi connectivity index (χ3v) is 2.02. The van der Waals surface area contributed by atoms with E-state index < -0.39 is 0 Å². The first-order valence-electron chi connectivity index (χ1n) is 4.37. The second-order valence-electron chi connectivity index (χ2n) is 2.92. The summed E-state index contributed by atoms with van der Waals surface area (Å²) in [7, 11) is 0. The number of hydrogen-bond acceptors (Lipinski definition) is 5. The van der Waals surface area contributed by atoms with E-state index in [0.29, 0.717) is 17.0 Å². The molecule has 15 heavy (non-hydrogen) atoms. The molecule has 0 bridgehead atoms. The quantitative estimate of drug-likeness (QED) is 0.625. The normalized spacial score (nSPS) is 10.7. The van der Waals surface area contributed by atoms with Gasteiger partial charge in [-0.25, -0.2) is 15.0 Å². The fraction of sp³-hybridized carbons (Fsp3) is 0. The van der Waals surface area contributed by atoms with Gasteiger partial charge in [-0.3, -0.25) is 10.1 Å². The zero-order valence-corrected chi connectivity index (χ0v) is 7.62. The van der Waals surface area contributed by atoms with Gasteiger partial charge in [0.2, 0.25) is 5.82 Å². The van der Waals surface area contributed by atoms with Crippen molar-refractivity contribution in [3.05, 3.63) is 31.0 Å². The highest BCUT2D eigenvalue weighted by atomic mass is 15.2. The molecule has 0 fully saturated rings. The van der Waals surface area contributed by atoms with Crippen molar-refractivity contribution in [2.45, 2.75) is 0 Å². The summed E-state index contributed by atoms with van der Waals surface area (Å²) in [6.45, 7) is 0. The van der Waals surface area contributed by atoms with E-state index in [4.69, 9.17) is 0 Å². The molecule has 6 heteroatoms. The minimum absolute atomic E-state index is 0.529. The molecule has 0 atom stereocenters. The van der Waals surface area contributed by atoms with E-state index >= 15 is 0 Å². The van der Waals surface area contributed by atoms with E-state index in [1.54, 1.807) is 6.20 Å². The highest BCUT2D eigenvalue weighted by Crippen LogP contribution is 2.18. The summed E-state index contributed by atoms with van der Waals surface area (Å²) in [6.07, 6.45) is 4.68. The minimum Gasteiger partial charge on any atom is -0.265 e. The van der Waals surface area contributed by atoms with Crippen molar-refractivity contribution in [2.24, 2.45) is 0 Å². The molecular formula is C9H6N6. The number of pyridine rings is 1. The first-order chi connectivity index (χ1) is 7.45. The Bertz CT molecular complexity index is 583. The summed E-state index contributed by atoms with van der Waals surface area (Å²) >= 11 is 0. The van der Waals surface area contributed by atoms with Crippen LogP contribution in [-0.4, -0.2) is 30.1 Å². The maximum Gasteiger partial charge on any atom is 0.201 e. The topological polar surface area (TPSA) is 80.2 Å². The van der Waals surface area contributed by atoms with Crippen molar-refractivity contribution in [2.75, 3.05) is 0 Å². The van der Waals surface area contributed by atoms with Gasteiger partial charge in [0, 0.05) is 6.20 Å². The second kappa shape index (κ2) is 3.09. The van der Waals surface area contributed by atoms with Crippen molar-refractivity contribution in [1.29, 1.82) is 0 Å². The number of nitrogens with zero attached hydrogens (tertiary/aromatic N) is 5. The van der Waals surface area contributed by atoms with E-state index in [9.17, 15) is 0 Å². The van der Waals surface area contributed by atoms with Gasteiger partial charge in [-0.1, -0.05) is 0 Å². The number of aromatic amines is 1. The third-order valence-electron chi connectivity index (χ3n) is 2.02. The van der Waals surface area contributed by atoms with Gasteiger partial charge in [-0.15, -0.1) is 0 Å². The second-order valence-corrected chi connectivity index (χ2v) is 2.92. The van der Waals surface area contributed by atoms with Gasteiger partial charge in [0.05, 0.1) is 5.52 Å². The summed E-state index contributed by atoms with van der Waals surface area (Å²) in [5.41, 5.74) is 2.13. The first kappa shape index (κ1) is 7.98. The van der Waals surface area contributed by atoms with Crippen LogP contribution in [0.15, 0.2) is 31.0 Å². The number of rotatable bonds is 1. The van der Waals surface area contributed by atoms with Crippen LogP contribution in [-0.2, 0) is 0 Å². The lowest BCUT2D eigenvalue weighted by atomic mass is 10.3. The number of fused-ring (bicyclic) bond motifs is 1. The Morgan fingerprint density at radius 2 is 2.07 bits per heavy atom. The van der Waals surface area contributed by atoms with Gasteiger partial charge in [0.1, 0.15) is 23.9 Å². The predicted octanol–water partition coefficient (Wildman–Crippen LogP) is 0.810. The van der Waals surface area contributed by atoms with Crippen molar-refractivity contribution >= 4 is 11.0 Å². The van der Waals surface area contributed by atoms with Crippen LogP contribution < -0.4 is 0 Å². The van der Waals surface area contributed by atoms with Crippen LogP contribution in [0.3, 0.4) is 0 Å². The zero-order valence-electron chi connectivity index (χ0n) is 7.62.